The summed E-state index contributed by atoms with van der Waals surface area (Å²) in [7, 11) is 0. The highest BCUT2D eigenvalue weighted by molar-refractivity contribution is 5.25. The minimum Gasteiger partial charge on any atom is -0.325 e. The minimum absolute atomic E-state index is 0.902. The van der Waals surface area contributed by atoms with Crippen LogP contribution in [0.25, 0.3) is 0 Å². The monoisotopic (exact) mass is 189 g/mol. The van der Waals surface area contributed by atoms with Crippen LogP contribution < -0.4 is 0 Å². The van der Waals surface area contributed by atoms with E-state index in [4.69, 9.17) is 0 Å². The van der Waals surface area contributed by atoms with Gasteiger partial charge in [-0.1, -0.05) is 37.0 Å². The van der Waals surface area contributed by atoms with Crippen molar-refractivity contribution < 1.29 is 0 Å². The standard InChI is InChI=1S/C13H19N/c1-6-11-14(8-3)13(5)10-9-12(4)7-2/h6-11H,3,5H2,1-2,4H3/b10-9-,11-6-,12-7-. The van der Waals surface area contributed by atoms with E-state index >= 15 is 0 Å². The van der Waals surface area contributed by atoms with Gasteiger partial charge >= 0.3 is 0 Å². The molecule has 0 radical (unpaired) electrons. The lowest BCUT2D eigenvalue weighted by atomic mass is 10.2. The summed E-state index contributed by atoms with van der Waals surface area (Å²) < 4.78 is 0. The van der Waals surface area contributed by atoms with Gasteiger partial charge in [-0.25, -0.2) is 0 Å². The topological polar surface area (TPSA) is 3.24 Å². The second kappa shape index (κ2) is 6.96. The first-order chi connectivity index (χ1) is 6.65. The second-order valence-corrected chi connectivity index (χ2v) is 2.93. The van der Waals surface area contributed by atoms with Gasteiger partial charge in [0.25, 0.3) is 0 Å². The zero-order valence-electron chi connectivity index (χ0n) is 9.33. The van der Waals surface area contributed by atoms with Crippen LogP contribution in [0.5, 0.6) is 0 Å². The van der Waals surface area contributed by atoms with Crippen LogP contribution in [-0.4, -0.2) is 4.90 Å². The summed E-state index contributed by atoms with van der Waals surface area (Å²) >= 11 is 0. The quantitative estimate of drug-likeness (QED) is 0.591. The van der Waals surface area contributed by atoms with Crippen molar-refractivity contribution in [3.05, 3.63) is 61.1 Å². The third-order valence-corrected chi connectivity index (χ3v) is 1.83. The van der Waals surface area contributed by atoms with Crippen LogP contribution in [0.4, 0.5) is 0 Å². The normalized spacial score (nSPS) is 12.4. The molecule has 0 aliphatic carbocycles. The van der Waals surface area contributed by atoms with E-state index in [1.807, 2.05) is 43.2 Å². The summed E-state index contributed by atoms with van der Waals surface area (Å²) in [5.41, 5.74) is 2.12. The Bertz CT molecular complexity index is 280. The molecule has 0 fully saturated rings. The second-order valence-electron chi connectivity index (χ2n) is 2.93. The molecule has 76 valence electrons. The molecule has 0 atom stereocenters. The summed E-state index contributed by atoms with van der Waals surface area (Å²) in [6, 6.07) is 0. The first-order valence-corrected chi connectivity index (χ1v) is 4.69. The Balaban J connectivity index is 4.46. The van der Waals surface area contributed by atoms with Gasteiger partial charge in [0.15, 0.2) is 0 Å². The summed E-state index contributed by atoms with van der Waals surface area (Å²) in [5, 5.41) is 0. The maximum Gasteiger partial charge on any atom is 0.0377 e. The molecule has 0 spiro atoms. The van der Waals surface area contributed by atoms with Crippen molar-refractivity contribution in [3.63, 3.8) is 0 Å². The Morgan fingerprint density at radius 1 is 1.21 bits per heavy atom. The first-order valence-electron chi connectivity index (χ1n) is 4.69. The van der Waals surface area contributed by atoms with Gasteiger partial charge < -0.3 is 4.90 Å². The smallest absolute Gasteiger partial charge is 0.0377 e. The van der Waals surface area contributed by atoms with Gasteiger partial charge in [0.2, 0.25) is 0 Å². The Morgan fingerprint density at radius 3 is 2.29 bits per heavy atom. The minimum atomic E-state index is 0.902. The summed E-state index contributed by atoms with van der Waals surface area (Å²) in [6.45, 7) is 13.7. The van der Waals surface area contributed by atoms with Crippen molar-refractivity contribution in [3.8, 4) is 0 Å². The van der Waals surface area contributed by atoms with Crippen LogP contribution in [-0.2, 0) is 0 Å². The van der Waals surface area contributed by atoms with Crippen molar-refractivity contribution in [2.24, 2.45) is 0 Å². The molecule has 0 rings (SSSR count). The van der Waals surface area contributed by atoms with Gasteiger partial charge in [0.05, 0.1) is 0 Å². The Labute approximate surface area is 87.4 Å². The molecule has 0 heterocycles. The number of rotatable bonds is 5. The average molecular weight is 189 g/mol. The average Bonchev–Trinajstić information content (AvgIpc) is 2.21. The van der Waals surface area contributed by atoms with Crippen LogP contribution in [0.1, 0.15) is 20.8 Å². The third kappa shape index (κ3) is 4.51. The predicted molar refractivity (Wildman–Crippen MR) is 64.6 cm³/mol. The van der Waals surface area contributed by atoms with Gasteiger partial charge in [-0.15, -0.1) is 0 Å². The zero-order valence-corrected chi connectivity index (χ0v) is 9.33. The number of allylic oxidation sites excluding steroid dienone is 5. The largest absolute Gasteiger partial charge is 0.325 e. The fraction of sp³-hybridized carbons (Fsp3) is 0.231. The number of nitrogens with zero attached hydrogens (tertiary/aromatic N) is 1. The Kier molecular flexibility index (Phi) is 6.21. The van der Waals surface area contributed by atoms with Crippen LogP contribution >= 0.6 is 0 Å². The van der Waals surface area contributed by atoms with Crippen LogP contribution in [0, 0.1) is 0 Å². The van der Waals surface area contributed by atoms with Crippen LogP contribution in [0.2, 0.25) is 0 Å². The first kappa shape index (κ1) is 12.5. The molecule has 1 heteroatoms. The van der Waals surface area contributed by atoms with E-state index in [2.05, 4.69) is 26.2 Å². The molecule has 0 unspecified atom stereocenters. The fourth-order valence-corrected chi connectivity index (χ4v) is 0.844. The summed E-state index contributed by atoms with van der Waals surface area (Å²) in [5.74, 6) is 0. The van der Waals surface area contributed by atoms with Crippen molar-refractivity contribution in [1.29, 1.82) is 0 Å². The number of hydrogen-bond acceptors (Lipinski definition) is 1. The molecule has 0 saturated carbocycles. The molecule has 0 saturated heterocycles. The van der Waals surface area contributed by atoms with Crippen molar-refractivity contribution >= 4 is 0 Å². The van der Waals surface area contributed by atoms with E-state index in [-0.39, 0.29) is 0 Å². The lowest BCUT2D eigenvalue weighted by molar-refractivity contribution is 0.655. The highest BCUT2D eigenvalue weighted by Crippen LogP contribution is 2.06. The van der Waals surface area contributed by atoms with Gasteiger partial charge in [0, 0.05) is 18.1 Å². The van der Waals surface area contributed by atoms with E-state index in [1.165, 1.54) is 5.57 Å². The lowest BCUT2D eigenvalue weighted by Crippen LogP contribution is -2.04. The van der Waals surface area contributed by atoms with Crippen LogP contribution in [0.15, 0.2) is 61.1 Å². The molecule has 14 heavy (non-hydrogen) atoms. The number of hydrogen-bond donors (Lipinski definition) is 0. The third-order valence-electron chi connectivity index (χ3n) is 1.83. The molecule has 0 aliphatic heterocycles. The van der Waals surface area contributed by atoms with Crippen LogP contribution in [0.3, 0.4) is 0 Å². The molecule has 0 N–H and O–H groups in total. The molecule has 0 aliphatic rings. The van der Waals surface area contributed by atoms with Gasteiger partial charge in [0.1, 0.15) is 0 Å². The van der Waals surface area contributed by atoms with Gasteiger partial charge in [-0.05, 0) is 26.8 Å². The molecule has 0 aromatic rings. The van der Waals surface area contributed by atoms with Gasteiger partial charge in [-0.3, -0.25) is 0 Å². The molecule has 0 amide bonds. The SMILES string of the molecule is C=CN(/C=C\C)C(=C)/C=C\C(C)=C/C. The molecule has 0 bridgehead atoms. The molecular formula is C13H19N. The van der Waals surface area contributed by atoms with E-state index in [9.17, 15) is 0 Å². The summed E-state index contributed by atoms with van der Waals surface area (Å²) in [4.78, 5) is 1.87. The van der Waals surface area contributed by atoms with Crippen molar-refractivity contribution in [2.75, 3.05) is 0 Å². The highest BCUT2D eigenvalue weighted by Gasteiger charge is 1.93. The predicted octanol–water partition coefficient (Wildman–Crippen LogP) is 4.00. The van der Waals surface area contributed by atoms with E-state index < -0.39 is 0 Å². The van der Waals surface area contributed by atoms with Crippen molar-refractivity contribution in [1.82, 2.24) is 4.90 Å². The van der Waals surface area contributed by atoms with Gasteiger partial charge in [-0.2, -0.15) is 0 Å². The zero-order chi connectivity index (χ0) is 11.0. The molecule has 0 aromatic heterocycles. The lowest BCUT2D eigenvalue weighted by Gasteiger charge is -2.14. The Morgan fingerprint density at radius 2 is 1.86 bits per heavy atom. The highest BCUT2D eigenvalue weighted by atomic mass is 15.1. The Hall–Kier alpha value is -1.50. The molecular weight excluding hydrogens is 170 g/mol. The van der Waals surface area contributed by atoms with E-state index in [1.54, 1.807) is 6.20 Å². The molecule has 1 nitrogen and oxygen atoms in total. The van der Waals surface area contributed by atoms with E-state index in [0.29, 0.717) is 0 Å². The summed E-state index contributed by atoms with van der Waals surface area (Å²) in [6.07, 6.45) is 11.7. The molecule has 0 aromatic carbocycles. The fourth-order valence-electron chi connectivity index (χ4n) is 0.844. The maximum atomic E-state index is 3.94. The van der Waals surface area contributed by atoms with E-state index in [0.717, 1.165) is 5.70 Å². The van der Waals surface area contributed by atoms with Crippen molar-refractivity contribution in [2.45, 2.75) is 20.8 Å². The maximum absolute atomic E-state index is 3.94.